The van der Waals surface area contributed by atoms with Gasteiger partial charge in [0.1, 0.15) is 5.82 Å². The molecule has 1 N–H and O–H groups in total. The summed E-state index contributed by atoms with van der Waals surface area (Å²) in [6, 6.07) is 10.1. The molecular weight excluding hydrogens is 434 g/mol. The number of halogens is 2. The van der Waals surface area contributed by atoms with E-state index in [9.17, 15) is 8.78 Å². The summed E-state index contributed by atoms with van der Waals surface area (Å²) >= 11 is 5.53. The Balaban J connectivity index is 1.80. The van der Waals surface area contributed by atoms with E-state index in [1.54, 1.807) is 24.3 Å². The molecule has 9 heteroatoms. The maximum absolute atomic E-state index is 14.2. The van der Waals surface area contributed by atoms with E-state index in [1.807, 2.05) is 11.8 Å². The molecule has 6 nitrogen and oxygen atoms in total. The molecule has 0 radical (unpaired) electrons. The quantitative estimate of drug-likeness (QED) is 0.421. The predicted molar refractivity (Wildman–Crippen MR) is 121 cm³/mol. The van der Waals surface area contributed by atoms with E-state index < -0.39 is 11.9 Å². The van der Waals surface area contributed by atoms with Crippen LogP contribution in [-0.2, 0) is 0 Å². The minimum Gasteiger partial charge on any atom is -0.494 e. The van der Waals surface area contributed by atoms with Crippen molar-refractivity contribution < 1.29 is 18.0 Å². The summed E-state index contributed by atoms with van der Waals surface area (Å²) in [7, 11) is 1.39. The van der Waals surface area contributed by atoms with Crippen molar-refractivity contribution in [2.45, 2.75) is 13.0 Å². The molecule has 1 aliphatic heterocycles. The number of benzene rings is 2. The monoisotopic (exact) mass is 454 g/mol. The summed E-state index contributed by atoms with van der Waals surface area (Å²) in [5.74, 6) is -0.283. The van der Waals surface area contributed by atoms with E-state index >= 15 is 0 Å². The molecule has 164 valence electrons. The number of aromatic nitrogens is 2. The number of methoxy groups -OCH3 is 1. The highest BCUT2D eigenvalue weighted by atomic mass is 32.1. The smallest absolute Gasteiger partial charge is 0.258 e. The lowest BCUT2D eigenvalue weighted by molar-refractivity contribution is 0.386. The number of thiocarbonyl (C=S) groups is 1. The zero-order valence-corrected chi connectivity index (χ0v) is 18.2. The highest BCUT2D eigenvalue weighted by Crippen LogP contribution is 2.37. The fourth-order valence-electron chi connectivity index (χ4n) is 3.57. The Labute approximate surface area is 189 Å². The topological polar surface area (TPSA) is 63.4 Å². The lowest BCUT2D eigenvalue weighted by atomic mass is 9.95. The Hall–Kier alpha value is -3.59. The Kier molecular flexibility index (Phi) is 6.00. The third-order valence-electron chi connectivity index (χ3n) is 5.18. The van der Waals surface area contributed by atoms with Gasteiger partial charge < -0.3 is 19.5 Å². The first kappa shape index (κ1) is 21.6. The minimum absolute atomic E-state index is 0.123. The fraction of sp³-hybridized carbons (Fsp3) is 0.174. The molecule has 1 aliphatic rings. The van der Waals surface area contributed by atoms with Crippen LogP contribution in [0.5, 0.6) is 5.75 Å². The molecule has 1 aromatic heterocycles. The molecule has 1 unspecified atom stereocenters. The van der Waals surface area contributed by atoms with Crippen molar-refractivity contribution in [2.75, 3.05) is 13.7 Å². The van der Waals surface area contributed by atoms with Crippen LogP contribution in [0.3, 0.4) is 0 Å². The van der Waals surface area contributed by atoms with Gasteiger partial charge >= 0.3 is 0 Å². The fourth-order valence-corrected chi connectivity index (χ4v) is 3.90. The van der Waals surface area contributed by atoms with Gasteiger partial charge in [0, 0.05) is 17.8 Å². The van der Waals surface area contributed by atoms with Crippen LogP contribution in [0.4, 0.5) is 8.78 Å². The van der Waals surface area contributed by atoms with Crippen molar-refractivity contribution in [1.29, 1.82) is 0 Å². The van der Waals surface area contributed by atoms with Crippen molar-refractivity contribution in [3.05, 3.63) is 83.9 Å². The van der Waals surface area contributed by atoms with Crippen molar-refractivity contribution in [3.63, 3.8) is 0 Å². The van der Waals surface area contributed by atoms with E-state index in [-0.39, 0.29) is 23.3 Å². The average molecular weight is 455 g/mol. The molecule has 0 bridgehead atoms. The largest absolute Gasteiger partial charge is 0.494 e. The van der Waals surface area contributed by atoms with Crippen LogP contribution in [-0.4, -0.2) is 33.8 Å². The molecule has 1 atom stereocenters. The van der Waals surface area contributed by atoms with Crippen LogP contribution in [0.1, 0.15) is 24.4 Å². The van der Waals surface area contributed by atoms with Crippen LogP contribution in [0.2, 0.25) is 0 Å². The van der Waals surface area contributed by atoms with Crippen molar-refractivity contribution >= 4 is 22.9 Å². The third kappa shape index (κ3) is 3.99. The van der Waals surface area contributed by atoms with Crippen LogP contribution in [0.15, 0.2) is 65.3 Å². The van der Waals surface area contributed by atoms with Gasteiger partial charge in [0.15, 0.2) is 16.7 Å². The molecule has 0 saturated carbocycles. The van der Waals surface area contributed by atoms with Gasteiger partial charge in [-0.2, -0.15) is 4.98 Å². The molecule has 0 spiro atoms. The van der Waals surface area contributed by atoms with Gasteiger partial charge in [-0.25, -0.2) is 8.78 Å². The second kappa shape index (κ2) is 8.88. The Morgan fingerprint density at radius 3 is 2.66 bits per heavy atom. The van der Waals surface area contributed by atoms with Gasteiger partial charge in [-0.3, -0.25) is 0 Å². The Morgan fingerprint density at radius 1 is 1.25 bits per heavy atom. The molecule has 3 aromatic rings. The lowest BCUT2D eigenvalue weighted by Crippen LogP contribution is -2.45. The van der Waals surface area contributed by atoms with Crippen molar-refractivity contribution in [2.24, 2.45) is 0 Å². The van der Waals surface area contributed by atoms with Gasteiger partial charge in [-0.05, 0) is 55.0 Å². The van der Waals surface area contributed by atoms with E-state index in [1.165, 1.54) is 31.4 Å². The number of allylic oxidation sites excluding steroid dienone is 1. The number of hydrogen-bond acceptors (Lipinski definition) is 5. The first-order valence-electron chi connectivity index (χ1n) is 9.76. The van der Waals surface area contributed by atoms with Crippen LogP contribution in [0, 0.1) is 11.6 Å². The molecule has 4 rings (SSSR count). The van der Waals surface area contributed by atoms with E-state index in [2.05, 4.69) is 22.0 Å². The SMILES string of the molecule is C=CCN1C(=S)NC(c2ccc(F)cc2)C(c2nc(-c3ccc(OC)c(F)c3)no2)=C1C. The molecular formula is C23H20F2N4O2S. The van der Waals surface area contributed by atoms with Crippen LogP contribution < -0.4 is 10.1 Å². The summed E-state index contributed by atoms with van der Waals surface area (Å²) < 4.78 is 38.2. The van der Waals surface area contributed by atoms with Crippen molar-refractivity contribution in [3.8, 4) is 17.1 Å². The Bertz CT molecular complexity index is 1210. The number of ether oxygens (including phenoxy) is 1. The van der Waals surface area contributed by atoms with Gasteiger partial charge in [0.05, 0.1) is 18.7 Å². The normalized spacial score (nSPS) is 16.2. The van der Waals surface area contributed by atoms with Crippen molar-refractivity contribution in [1.82, 2.24) is 20.4 Å². The van der Waals surface area contributed by atoms with Gasteiger partial charge in [0.2, 0.25) is 5.82 Å². The first-order valence-corrected chi connectivity index (χ1v) is 10.2. The highest BCUT2D eigenvalue weighted by Gasteiger charge is 2.33. The predicted octanol–water partition coefficient (Wildman–Crippen LogP) is 4.87. The standard InChI is InChI=1S/C23H20F2N4O2S/c1-4-11-29-13(2)19(20(26-23(29)32)14-5-8-16(24)9-6-14)22-27-21(28-31-22)15-7-10-18(30-3)17(25)12-15/h4-10,12,20H,1,11H2,2-3H3,(H,26,32). The highest BCUT2D eigenvalue weighted by molar-refractivity contribution is 7.80. The number of hydrogen-bond donors (Lipinski definition) is 1. The third-order valence-corrected chi connectivity index (χ3v) is 5.52. The maximum atomic E-state index is 14.2. The first-order chi connectivity index (χ1) is 15.4. The maximum Gasteiger partial charge on any atom is 0.258 e. The Morgan fingerprint density at radius 2 is 2.00 bits per heavy atom. The average Bonchev–Trinajstić information content (AvgIpc) is 3.26. The van der Waals surface area contributed by atoms with Gasteiger partial charge in [0.25, 0.3) is 5.89 Å². The van der Waals surface area contributed by atoms with E-state index in [4.69, 9.17) is 21.5 Å². The lowest BCUT2D eigenvalue weighted by Gasteiger charge is -2.36. The van der Waals surface area contributed by atoms with Crippen LogP contribution >= 0.6 is 12.2 Å². The molecule has 0 saturated heterocycles. The molecule has 0 aliphatic carbocycles. The zero-order chi connectivity index (χ0) is 22.8. The second-order valence-electron chi connectivity index (χ2n) is 7.10. The number of nitrogens with one attached hydrogen (secondary N) is 1. The second-order valence-corrected chi connectivity index (χ2v) is 7.49. The summed E-state index contributed by atoms with van der Waals surface area (Å²) in [6.07, 6.45) is 1.73. The molecule has 32 heavy (non-hydrogen) atoms. The molecule has 2 heterocycles. The van der Waals surface area contributed by atoms with Gasteiger partial charge in [-0.15, -0.1) is 6.58 Å². The van der Waals surface area contributed by atoms with E-state index in [0.29, 0.717) is 22.8 Å². The molecule has 0 amide bonds. The minimum atomic E-state index is -0.530. The number of nitrogens with zero attached hydrogens (tertiary/aromatic N) is 3. The zero-order valence-electron chi connectivity index (χ0n) is 17.4. The summed E-state index contributed by atoms with van der Waals surface area (Å²) in [5, 5.41) is 7.80. The van der Waals surface area contributed by atoms with Gasteiger partial charge in [-0.1, -0.05) is 23.4 Å². The summed E-state index contributed by atoms with van der Waals surface area (Å²) in [6.45, 7) is 6.15. The summed E-state index contributed by atoms with van der Waals surface area (Å²) in [5.41, 5.74) is 2.69. The van der Waals surface area contributed by atoms with E-state index in [0.717, 1.165) is 11.3 Å². The summed E-state index contributed by atoms with van der Waals surface area (Å²) in [4.78, 5) is 6.37. The molecule has 2 aromatic carbocycles. The number of rotatable bonds is 6. The van der Waals surface area contributed by atoms with Crippen LogP contribution in [0.25, 0.3) is 17.0 Å². The molecule has 0 fully saturated rings.